The predicted molar refractivity (Wildman–Crippen MR) is 127 cm³/mol. The van der Waals surface area contributed by atoms with Gasteiger partial charge in [0, 0.05) is 50.5 Å². The second-order valence-electron chi connectivity index (χ2n) is 9.80. The second kappa shape index (κ2) is 10.2. The number of piperidine rings is 1. The first-order chi connectivity index (χ1) is 15.2. The highest BCUT2D eigenvalue weighted by Gasteiger charge is 2.36. The maximum Gasteiger partial charge on any atom is 0.410 e. The third-order valence-electron chi connectivity index (χ3n) is 6.49. The van der Waals surface area contributed by atoms with E-state index in [9.17, 15) is 9.90 Å². The molecule has 2 heterocycles. The van der Waals surface area contributed by atoms with Crippen LogP contribution in [-0.4, -0.2) is 85.1 Å². The maximum absolute atomic E-state index is 12.6. The molecule has 0 aromatic heterocycles. The Bertz CT molecular complexity index is 787. The Morgan fingerprint density at radius 3 is 2.44 bits per heavy atom. The zero-order chi connectivity index (χ0) is 23.5. The van der Waals surface area contributed by atoms with E-state index in [1.807, 2.05) is 26.8 Å². The van der Waals surface area contributed by atoms with Crippen LogP contribution in [0, 0.1) is 0 Å². The van der Waals surface area contributed by atoms with Crippen molar-refractivity contribution in [3.05, 3.63) is 17.7 Å². The van der Waals surface area contributed by atoms with Gasteiger partial charge < -0.3 is 30.1 Å². The summed E-state index contributed by atoms with van der Waals surface area (Å²) in [5.74, 6) is 0.725. The fourth-order valence-corrected chi connectivity index (χ4v) is 4.79. The summed E-state index contributed by atoms with van der Waals surface area (Å²) in [5.41, 5.74) is 8.71. The lowest BCUT2D eigenvalue weighted by Crippen LogP contribution is -2.60. The number of anilines is 2. The zero-order valence-corrected chi connectivity index (χ0v) is 20.3. The lowest BCUT2D eigenvalue weighted by molar-refractivity contribution is -0.0201. The molecule has 2 saturated heterocycles. The van der Waals surface area contributed by atoms with E-state index in [1.54, 1.807) is 12.0 Å². The van der Waals surface area contributed by atoms with Gasteiger partial charge in [-0.15, -0.1) is 0 Å². The van der Waals surface area contributed by atoms with Crippen LogP contribution in [0.4, 0.5) is 16.2 Å². The molecule has 8 heteroatoms. The standard InChI is InChI=1S/C24H40N4O4/c1-6-17-13-20(25)22(31-5)14-21(17)26-9-7-18(8-10-26)27-11-12-28(19(15-27)16-29)23(30)32-24(2,3)4/h13-14,18-19,29H,6-12,15-16,25H2,1-5H3. The topological polar surface area (TPSA) is 91.5 Å². The number of nitrogens with zero attached hydrogens (tertiary/aromatic N) is 3. The molecule has 1 aromatic rings. The molecule has 3 rings (SSSR count). The number of methoxy groups -OCH3 is 1. The number of hydrogen-bond donors (Lipinski definition) is 2. The molecule has 32 heavy (non-hydrogen) atoms. The van der Waals surface area contributed by atoms with Gasteiger partial charge in [-0.25, -0.2) is 4.79 Å². The molecule has 0 saturated carbocycles. The average Bonchev–Trinajstić information content (AvgIpc) is 2.77. The van der Waals surface area contributed by atoms with Crippen molar-refractivity contribution in [1.29, 1.82) is 0 Å². The molecular formula is C24H40N4O4. The Morgan fingerprint density at radius 1 is 1.19 bits per heavy atom. The Balaban J connectivity index is 1.61. The smallest absolute Gasteiger partial charge is 0.410 e. The molecule has 180 valence electrons. The number of ether oxygens (including phenoxy) is 2. The summed E-state index contributed by atoms with van der Waals surface area (Å²) < 4.78 is 11.0. The van der Waals surface area contributed by atoms with Gasteiger partial charge in [0.15, 0.2) is 0 Å². The van der Waals surface area contributed by atoms with Crippen LogP contribution in [0.1, 0.15) is 46.1 Å². The SMILES string of the molecule is CCc1cc(N)c(OC)cc1N1CCC(N2CCN(C(=O)OC(C)(C)C)C(CO)C2)CC1. The zero-order valence-electron chi connectivity index (χ0n) is 20.3. The Morgan fingerprint density at radius 2 is 1.88 bits per heavy atom. The van der Waals surface area contributed by atoms with E-state index in [0.717, 1.165) is 44.6 Å². The molecule has 2 fully saturated rings. The number of nitrogens with two attached hydrogens (primary N) is 1. The van der Waals surface area contributed by atoms with E-state index in [0.29, 0.717) is 24.8 Å². The molecule has 2 aliphatic rings. The summed E-state index contributed by atoms with van der Waals surface area (Å²) >= 11 is 0. The molecule has 0 aliphatic carbocycles. The highest BCUT2D eigenvalue weighted by molar-refractivity contribution is 5.69. The van der Waals surface area contributed by atoms with Crippen LogP contribution >= 0.6 is 0 Å². The minimum absolute atomic E-state index is 0.0559. The molecule has 1 amide bonds. The third kappa shape index (κ3) is 5.59. The first-order valence-corrected chi connectivity index (χ1v) is 11.7. The fraction of sp³-hybridized carbons (Fsp3) is 0.708. The summed E-state index contributed by atoms with van der Waals surface area (Å²) in [5, 5.41) is 9.94. The molecule has 8 nitrogen and oxygen atoms in total. The van der Waals surface area contributed by atoms with Gasteiger partial charge in [-0.2, -0.15) is 0 Å². The minimum atomic E-state index is -0.539. The highest BCUT2D eigenvalue weighted by Crippen LogP contribution is 2.34. The molecule has 1 aromatic carbocycles. The molecule has 0 radical (unpaired) electrons. The van der Waals surface area contributed by atoms with Crippen molar-refractivity contribution in [2.75, 3.05) is 57.1 Å². The van der Waals surface area contributed by atoms with Gasteiger partial charge in [0.1, 0.15) is 11.4 Å². The van der Waals surface area contributed by atoms with Gasteiger partial charge in [-0.3, -0.25) is 4.90 Å². The van der Waals surface area contributed by atoms with Crippen molar-refractivity contribution < 1.29 is 19.4 Å². The van der Waals surface area contributed by atoms with Crippen LogP contribution in [0.15, 0.2) is 12.1 Å². The number of benzene rings is 1. The number of hydrogen-bond acceptors (Lipinski definition) is 7. The van der Waals surface area contributed by atoms with Crippen LogP contribution in [0.25, 0.3) is 0 Å². The monoisotopic (exact) mass is 448 g/mol. The predicted octanol–water partition coefficient (Wildman–Crippen LogP) is 2.72. The van der Waals surface area contributed by atoms with Gasteiger partial charge in [0.2, 0.25) is 0 Å². The fourth-order valence-electron chi connectivity index (χ4n) is 4.79. The van der Waals surface area contributed by atoms with Gasteiger partial charge in [0.25, 0.3) is 0 Å². The number of rotatable bonds is 5. The van der Waals surface area contributed by atoms with Crippen molar-refractivity contribution >= 4 is 17.5 Å². The summed E-state index contributed by atoms with van der Waals surface area (Å²) in [6.45, 7) is 11.7. The van der Waals surface area contributed by atoms with Crippen molar-refractivity contribution in [2.24, 2.45) is 0 Å². The van der Waals surface area contributed by atoms with Gasteiger partial charge in [-0.05, 0) is 51.7 Å². The Labute approximate surface area is 192 Å². The summed E-state index contributed by atoms with van der Waals surface area (Å²) in [6, 6.07) is 4.31. The van der Waals surface area contributed by atoms with E-state index in [1.165, 1.54) is 11.3 Å². The quantitative estimate of drug-likeness (QED) is 0.669. The largest absolute Gasteiger partial charge is 0.495 e. The van der Waals surface area contributed by atoms with Crippen LogP contribution in [0.2, 0.25) is 0 Å². The second-order valence-corrected chi connectivity index (χ2v) is 9.80. The molecule has 1 unspecified atom stereocenters. The Hall–Kier alpha value is -2.19. The van der Waals surface area contributed by atoms with E-state index in [4.69, 9.17) is 15.2 Å². The van der Waals surface area contributed by atoms with Crippen molar-refractivity contribution in [2.45, 2.75) is 64.6 Å². The first kappa shape index (κ1) is 24.5. The summed E-state index contributed by atoms with van der Waals surface area (Å²) in [4.78, 5) is 19.1. The van der Waals surface area contributed by atoms with E-state index in [2.05, 4.69) is 22.8 Å². The number of piperazine rings is 1. The summed E-state index contributed by atoms with van der Waals surface area (Å²) in [7, 11) is 1.65. The van der Waals surface area contributed by atoms with Crippen LogP contribution in [0.3, 0.4) is 0 Å². The van der Waals surface area contributed by atoms with Crippen molar-refractivity contribution in [3.8, 4) is 5.75 Å². The van der Waals surface area contributed by atoms with Gasteiger partial charge in [-0.1, -0.05) is 6.92 Å². The molecule has 0 bridgehead atoms. The highest BCUT2D eigenvalue weighted by atomic mass is 16.6. The molecule has 1 atom stereocenters. The van der Waals surface area contributed by atoms with Crippen LogP contribution in [-0.2, 0) is 11.2 Å². The maximum atomic E-state index is 12.6. The molecular weight excluding hydrogens is 408 g/mol. The number of carbonyl (C=O) groups is 1. The van der Waals surface area contributed by atoms with Gasteiger partial charge >= 0.3 is 6.09 Å². The van der Waals surface area contributed by atoms with E-state index < -0.39 is 5.60 Å². The Kier molecular flexibility index (Phi) is 7.77. The lowest BCUT2D eigenvalue weighted by atomic mass is 9.98. The number of nitrogen functional groups attached to an aromatic ring is 1. The normalized spacial score (nSPS) is 21.0. The third-order valence-corrected chi connectivity index (χ3v) is 6.49. The molecule has 3 N–H and O–H groups in total. The van der Waals surface area contributed by atoms with E-state index in [-0.39, 0.29) is 18.7 Å². The van der Waals surface area contributed by atoms with Crippen molar-refractivity contribution in [3.63, 3.8) is 0 Å². The first-order valence-electron chi connectivity index (χ1n) is 11.7. The average molecular weight is 449 g/mol. The molecule has 0 spiro atoms. The van der Waals surface area contributed by atoms with Crippen LogP contribution in [0.5, 0.6) is 5.75 Å². The number of aliphatic hydroxyl groups is 1. The van der Waals surface area contributed by atoms with Crippen molar-refractivity contribution in [1.82, 2.24) is 9.80 Å². The lowest BCUT2D eigenvalue weighted by Gasteiger charge is -2.46. The summed E-state index contributed by atoms with van der Waals surface area (Å²) in [6.07, 6.45) is 2.67. The molecule has 2 aliphatic heterocycles. The van der Waals surface area contributed by atoms with E-state index >= 15 is 0 Å². The van der Waals surface area contributed by atoms with Gasteiger partial charge in [0.05, 0.1) is 25.4 Å². The number of carbonyl (C=O) groups excluding carboxylic acids is 1. The number of aryl methyl sites for hydroxylation is 1. The minimum Gasteiger partial charge on any atom is -0.495 e. The number of aliphatic hydroxyl groups excluding tert-OH is 1. The number of amides is 1. The van der Waals surface area contributed by atoms with Crippen LogP contribution < -0.4 is 15.4 Å².